The van der Waals surface area contributed by atoms with E-state index in [1.165, 1.54) is 0 Å². The molecule has 4 heterocycles. The number of nitrogens with zero attached hydrogens (tertiary/aromatic N) is 5. The molecule has 0 spiro atoms. The quantitative estimate of drug-likeness (QED) is 0.349. The Morgan fingerprint density at radius 2 is 1.78 bits per heavy atom. The number of carbonyl (C=O) groups is 1. The molecule has 0 amide bonds. The number of piperazine rings is 1. The van der Waals surface area contributed by atoms with Gasteiger partial charge in [-0.05, 0) is 81.6 Å². The van der Waals surface area contributed by atoms with Crippen molar-refractivity contribution in [3.63, 3.8) is 0 Å². The fourth-order valence-corrected chi connectivity index (χ4v) is 6.37. The lowest BCUT2D eigenvalue weighted by Gasteiger charge is -2.43. The van der Waals surface area contributed by atoms with Crippen molar-refractivity contribution in [1.29, 1.82) is 5.26 Å². The van der Waals surface area contributed by atoms with Crippen LogP contribution in [0.2, 0.25) is 0 Å². The lowest BCUT2D eigenvalue weighted by molar-refractivity contribution is 0.0698. The van der Waals surface area contributed by atoms with Crippen LogP contribution in [0.1, 0.15) is 58.4 Å². The summed E-state index contributed by atoms with van der Waals surface area (Å²) in [6.45, 7) is 7.38. The van der Waals surface area contributed by atoms with Crippen LogP contribution in [-0.2, 0) is 0 Å². The summed E-state index contributed by atoms with van der Waals surface area (Å²) in [5.74, 6) is -0.275. The van der Waals surface area contributed by atoms with Crippen LogP contribution in [0.25, 0.3) is 5.65 Å². The van der Waals surface area contributed by atoms with Gasteiger partial charge in [-0.2, -0.15) is 5.26 Å². The summed E-state index contributed by atoms with van der Waals surface area (Å²) in [5, 5.41) is 22.2. The van der Waals surface area contributed by atoms with Crippen LogP contribution in [-0.4, -0.2) is 45.6 Å². The summed E-state index contributed by atoms with van der Waals surface area (Å²) < 4.78 is 1.62. The predicted molar refractivity (Wildman–Crippen MR) is 159 cm³/mol. The molecule has 4 aromatic rings. The number of fused-ring (bicyclic) bond motifs is 3. The largest absolute Gasteiger partial charge is 0.478 e. The maximum absolute atomic E-state index is 13.8. The van der Waals surface area contributed by atoms with E-state index in [0.29, 0.717) is 22.5 Å². The van der Waals surface area contributed by atoms with Crippen molar-refractivity contribution in [1.82, 2.24) is 9.38 Å². The van der Waals surface area contributed by atoms with Crippen molar-refractivity contribution in [2.75, 3.05) is 28.2 Å². The highest BCUT2D eigenvalue weighted by Crippen LogP contribution is 2.37. The van der Waals surface area contributed by atoms with E-state index < -0.39 is 5.97 Å². The van der Waals surface area contributed by atoms with Gasteiger partial charge in [-0.25, -0.2) is 9.78 Å². The van der Waals surface area contributed by atoms with Gasteiger partial charge in [0.2, 0.25) is 0 Å². The number of aromatic nitrogens is 2. The van der Waals surface area contributed by atoms with Crippen LogP contribution in [0.5, 0.6) is 0 Å². The number of para-hydroxylation sites is 1. The number of rotatable bonds is 6. The van der Waals surface area contributed by atoms with Crippen LogP contribution in [0.3, 0.4) is 0 Å². The molecule has 2 fully saturated rings. The summed E-state index contributed by atoms with van der Waals surface area (Å²) in [7, 11) is 0. The van der Waals surface area contributed by atoms with Gasteiger partial charge in [0.25, 0.3) is 5.56 Å². The van der Waals surface area contributed by atoms with Gasteiger partial charge in [-0.3, -0.25) is 9.20 Å². The minimum absolute atomic E-state index is 0.0954. The highest BCUT2D eigenvalue weighted by atomic mass is 16.4. The molecule has 3 atom stereocenters. The van der Waals surface area contributed by atoms with Gasteiger partial charge < -0.3 is 20.2 Å². The highest BCUT2D eigenvalue weighted by Gasteiger charge is 2.42. The topological polar surface area (TPSA) is 114 Å². The molecule has 2 aromatic carbocycles. The molecule has 2 aliphatic heterocycles. The highest BCUT2D eigenvalue weighted by molar-refractivity contribution is 5.94. The molecule has 2 aromatic heterocycles. The Labute approximate surface area is 238 Å². The van der Waals surface area contributed by atoms with Gasteiger partial charge >= 0.3 is 5.97 Å². The van der Waals surface area contributed by atoms with E-state index in [4.69, 9.17) is 10.2 Å². The number of carboxylic acid groups (broad SMARTS) is 1. The molecular formula is C32H32N6O3. The van der Waals surface area contributed by atoms with Crippen molar-refractivity contribution >= 4 is 28.8 Å². The lowest BCUT2D eigenvalue weighted by atomic mass is 10.1. The molecule has 2 saturated heterocycles. The standard InChI is InChI=1S/C32H32N6O3/c1-19-14-27(21(3)34-28-7-5-4-6-26(28)32(40)41)30-35-29(20(2)31(39)37(30)16-19)38-24-12-13-25(38)18-36(17-24)23-10-8-22(15-33)9-11-23/h4-11,14,16,21,24-25,34H,12-13,17-18H2,1-3H3,(H,40,41)/t21-,24?,25?/m1/s1. The molecule has 6 rings (SSSR count). The maximum atomic E-state index is 13.8. The Balaban J connectivity index is 1.37. The van der Waals surface area contributed by atoms with E-state index in [-0.39, 0.29) is 29.2 Å². The fraction of sp³-hybridized carbons (Fsp3) is 0.312. The number of benzene rings is 2. The Kier molecular flexibility index (Phi) is 6.62. The summed E-state index contributed by atoms with van der Waals surface area (Å²) >= 11 is 0. The number of anilines is 3. The SMILES string of the molecule is Cc1cc([C@@H](C)Nc2ccccc2C(=O)O)c2nc(N3C4CCC3CN(c3ccc(C#N)cc3)C4)c(C)c(=O)n2c1. The Hall–Kier alpha value is -4.84. The van der Waals surface area contributed by atoms with Crippen LogP contribution in [0.15, 0.2) is 65.6 Å². The summed E-state index contributed by atoms with van der Waals surface area (Å²) in [4.78, 5) is 35.4. The van der Waals surface area contributed by atoms with Crippen molar-refractivity contribution in [2.24, 2.45) is 0 Å². The third kappa shape index (κ3) is 4.65. The summed E-state index contributed by atoms with van der Waals surface area (Å²) in [6.07, 6.45) is 3.85. The molecule has 2 unspecified atom stereocenters. The molecule has 2 bridgehead atoms. The number of hydrogen-bond acceptors (Lipinski definition) is 7. The normalized spacial score (nSPS) is 18.8. The molecule has 9 nitrogen and oxygen atoms in total. The second-order valence-corrected chi connectivity index (χ2v) is 11.1. The average molecular weight is 549 g/mol. The zero-order valence-electron chi connectivity index (χ0n) is 23.3. The van der Waals surface area contributed by atoms with Crippen molar-refractivity contribution in [3.05, 3.63) is 99.0 Å². The molecule has 0 aliphatic carbocycles. The van der Waals surface area contributed by atoms with Crippen LogP contribution in [0, 0.1) is 25.2 Å². The molecule has 0 saturated carbocycles. The number of pyridine rings is 1. The second-order valence-electron chi connectivity index (χ2n) is 11.1. The first-order chi connectivity index (χ1) is 19.7. The number of carboxylic acids is 1. The molecule has 2 aliphatic rings. The average Bonchev–Trinajstić information content (AvgIpc) is 3.22. The van der Waals surface area contributed by atoms with Crippen molar-refractivity contribution in [3.8, 4) is 6.07 Å². The van der Waals surface area contributed by atoms with E-state index in [1.54, 1.807) is 28.7 Å². The van der Waals surface area contributed by atoms with Crippen LogP contribution in [0.4, 0.5) is 17.2 Å². The second kappa shape index (κ2) is 10.3. The zero-order valence-corrected chi connectivity index (χ0v) is 23.3. The van der Waals surface area contributed by atoms with Gasteiger partial charge in [0.1, 0.15) is 11.5 Å². The fourth-order valence-electron chi connectivity index (χ4n) is 6.37. The predicted octanol–water partition coefficient (Wildman–Crippen LogP) is 4.91. The lowest BCUT2D eigenvalue weighted by Crippen LogP contribution is -2.55. The first-order valence-electron chi connectivity index (χ1n) is 13.9. The van der Waals surface area contributed by atoms with E-state index in [0.717, 1.165) is 48.6 Å². The number of aryl methyl sites for hydroxylation is 1. The zero-order chi connectivity index (χ0) is 28.8. The van der Waals surface area contributed by atoms with E-state index >= 15 is 0 Å². The van der Waals surface area contributed by atoms with Gasteiger partial charge in [-0.15, -0.1) is 0 Å². The van der Waals surface area contributed by atoms with E-state index in [1.807, 2.05) is 57.3 Å². The first kappa shape index (κ1) is 26.4. The number of aromatic carboxylic acids is 1. The minimum atomic E-state index is -1.00. The van der Waals surface area contributed by atoms with Gasteiger partial charge in [0.05, 0.1) is 28.8 Å². The molecule has 0 radical (unpaired) electrons. The smallest absolute Gasteiger partial charge is 0.337 e. The van der Waals surface area contributed by atoms with E-state index in [9.17, 15) is 14.7 Å². The first-order valence-corrected chi connectivity index (χ1v) is 13.9. The van der Waals surface area contributed by atoms with Gasteiger partial charge in [0, 0.05) is 48.3 Å². The minimum Gasteiger partial charge on any atom is -0.478 e. The van der Waals surface area contributed by atoms with Crippen LogP contribution >= 0.6 is 0 Å². The monoisotopic (exact) mass is 548 g/mol. The summed E-state index contributed by atoms with van der Waals surface area (Å²) in [5.41, 5.74) is 5.29. The molecule has 9 heteroatoms. The maximum Gasteiger partial charge on any atom is 0.337 e. The van der Waals surface area contributed by atoms with Gasteiger partial charge in [-0.1, -0.05) is 12.1 Å². The Morgan fingerprint density at radius 3 is 2.44 bits per heavy atom. The van der Waals surface area contributed by atoms with Crippen molar-refractivity contribution < 1.29 is 9.90 Å². The molecule has 208 valence electrons. The number of hydrogen-bond donors (Lipinski definition) is 2. The number of nitrogens with one attached hydrogen (secondary N) is 1. The third-order valence-electron chi connectivity index (χ3n) is 8.37. The van der Waals surface area contributed by atoms with Crippen LogP contribution < -0.4 is 20.7 Å². The molecule has 2 N–H and O–H groups in total. The molecule has 41 heavy (non-hydrogen) atoms. The summed E-state index contributed by atoms with van der Waals surface area (Å²) in [6, 6.07) is 18.9. The Morgan fingerprint density at radius 1 is 1.10 bits per heavy atom. The molecular weight excluding hydrogens is 516 g/mol. The number of nitriles is 1. The van der Waals surface area contributed by atoms with E-state index in [2.05, 4.69) is 21.2 Å². The van der Waals surface area contributed by atoms with Gasteiger partial charge in [0.15, 0.2) is 0 Å². The Bertz CT molecular complexity index is 1740. The van der Waals surface area contributed by atoms with Crippen molar-refractivity contribution in [2.45, 2.75) is 51.7 Å². The third-order valence-corrected chi connectivity index (χ3v) is 8.37.